The van der Waals surface area contributed by atoms with Crippen molar-refractivity contribution in [2.24, 2.45) is 0 Å². The average molecular weight is 435 g/mol. The number of thiophene rings is 1. The second-order valence-electron chi connectivity index (χ2n) is 5.91. The van der Waals surface area contributed by atoms with Crippen molar-refractivity contribution in [3.8, 4) is 5.75 Å². The van der Waals surface area contributed by atoms with E-state index in [-0.39, 0.29) is 11.8 Å². The molecule has 8 heteroatoms. The first-order valence-electron chi connectivity index (χ1n) is 7.90. The summed E-state index contributed by atoms with van der Waals surface area (Å²) in [7, 11) is 0. The molecule has 2 heterocycles. The van der Waals surface area contributed by atoms with Crippen LogP contribution in [0.2, 0.25) is 0 Å². The number of piperazine rings is 1. The number of rotatable bonds is 4. The first-order valence-corrected chi connectivity index (χ1v) is 9.51. The van der Waals surface area contributed by atoms with Crippen molar-refractivity contribution in [3.05, 3.63) is 50.1 Å². The van der Waals surface area contributed by atoms with Crippen molar-refractivity contribution in [2.45, 2.75) is 19.3 Å². The van der Waals surface area contributed by atoms with Crippen LogP contribution in [0.25, 0.3) is 0 Å². The van der Waals surface area contributed by atoms with E-state index in [0.29, 0.717) is 0 Å². The molecule has 25 heavy (non-hydrogen) atoms. The van der Waals surface area contributed by atoms with Crippen LogP contribution in [-0.4, -0.2) is 37.4 Å². The van der Waals surface area contributed by atoms with E-state index >= 15 is 0 Å². The van der Waals surface area contributed by atoms with Crippen LogP contribution in [-0.2, 0) is 0 Å². The smallest absolute Gasteiger partial charge is 0.406 e. The summed E-state index contributed by atoms with van der Waals surface area (Å²) in [5, 5.41) is 3.33. The number of hydrogen-bond donors (Lipinski definition) is 1. The molecule has 1 aliphatic heterocycles. The summed E-state index contributed by atoms with van der Waals surface area (Å²) in [6.45, 7) is 5.62. The van der Waals surface area contributed by atoms with Crippen LogP contribution in [0.1, 0.15) is 22.0 Å². The Hall–Kier alpha value is -1.09. The molecule has 0 aliphatic carbocycles. The van der Waals surface area contributed by atoms with E-state index in [9.17, 15) is 13.2 Å². The van der Waals surface area contributed by atoms with E-state index in [1.165, 1.54) is 17.0 Å². The van der Waals surface area contributed by atoms with Gasteiger partial charge in [-0.05, 0) is 52.2 Å². The monoisotopic (exact) mass is 434 g/mol. The Morgan fingerprint density at radius 1 is 1.20 bits per heavy atom. The maximum atomic E-state index is 12.4. The maximum Gasteiger partial charge on any atom is 0.573 e. The van der Waals surface area contributed by atoms with Gasteiger partial charge in [-0.2, -0.15) is 0 Å². The third-order valence-electron chi connectivity index (χ3n) is 4.09. The predicted octanol–water partition coefficient (Wildman–Crippen LogP) is 4.71. The summed E-state index contributed by atoms with van der Waals surface area (Å²) >= 11 is 5.24. The molecule has 1 fully saturated rings. The van der Waals surface area contributed by atoms with Crippen LogP contribution in [0, 0.1) is 6.92 Å². The average Bonchev–Trinajstić information content (AvgIpc) is 2.88. The molecule has 136 valence electrons. The molecule has 0 radical (unpaired) electrons. The fourth-order valence-corrected chi connectivity index (χ4v) is 4.70. The van der Waals surface area contributed by atoms with Gasteiger partial charge in [-0.1, -0.05) is 12.1 Å². The predicted molar refractivity (Wildman–Crippen MR) is 96.2 cm³/mol. The Bertz CT molecular complexity index is 692. The third-order valence-corrected chi connectivity index (χ3v) is 6.28. The molecule has 1 aromatic heterocycles. The van der Waals surface area contributed by atoms with Gasteiger partial charge >= 0.3 is 6.36 Å². The number of nitrogens with zero attached hydrogens (tertiary/aromatic N) is 1. The molecular weight excluding hydrogens is 417 g/mol. The lowest BCUT2D eigenvalue weighted by Gasteiger charge is -2.34. The topological polar surface area (TPSA) is 24.5 Å². The lowest BCUT2D eigenvalue weighted by molar-refractivity contribution is -0.274. The molecule has 3 nitrogen and oxygen atoms in total. The van der Waals surface area contributed by atoms with Gasteiger partial charge < -0.3 is 10.1 Å². The zero-order chi connectivity index (χ0) is 18.0. The van der Waals surface area contributed by atoms with Crippen LogP contribution in [0.3, 0.4) is 0 Å². The number of benzene rings is 1. The van der Waals surface area contributed by atoms with Crippen LogP contribution in [0.5, 0.6) is 5.75 Å². The molecule has 2 aromatic rings. The summed E-state index contributed by atoms with van der Waals surface area (Å²) in [6, 6.07) is 8.37. The number of hydrogen-bond acceptors (Lipinski definition) is 4. The van der Waals surface area contributed by atoms with Gasteiger partial charge in [0, 0.05) is 31.1 Å². The van der Waals surface area contributed by atoms with Crippen LogP contribution >= 0.6 is 27.3 Å². The van der Waals surface area contributed by atoms with Gasteiger partial charge in [0.2, 0.25) is 0 Å². The Balaban J connectivity index is 1.91. The summed E-state index contributed by atoms with van der Waals surface area (Å²) in [6.07, 6.45) is -4.67. The Labute approximate surface area is 156 Å². The van der Waals surface area contributed by atoms with Crippen molar-refractivity contribution >= 4 is 27.3 Å². The van der Waals surface area contributed by atoms with Gasteiger partial charge in [0.1, 0.15) is 5.75 Å². The van der Waals surface area contributed by atoms with Gasteiger partial charge in [0.15, 0.2) is 0 Å². The summed E-state index contributed by atoms with van der Waals surface area (Å²) in [5.74, 6) is -0.196. The highest BCUT2D eigenvalue weighted by Crippen LogP contribution is 2.38. The highest BCUT2D eigenvalue weighted by molar-refractivity contribution is 9.11. The molecule has 3 rings (SSSR count). The highest BCUT2D eigenvalue weighted by atomic mass is 79.9. The van der Waals surface area contributed by atoms with Crippen molar-refractivity contribution in [2.75, 3.05) is 26.2 Å². The molecular formula is C17H18BrF3N2OS. The number of alkyl halides is 3. The largest absolute Gasteiger partial charge is 0.573 e. The Kier molecular flexibility index (Phi) is 5.72. The standard InChI is InChI=1S/C17H18BrF3N2OS/c1-11-10-14(25-16(11)18)15(23-8-6-22-7-9-23)12-2-4-13(5-3-12)24-17(19,20)21/h2-5,10,15,22H,6-9H2,1H3/t15-/m0/s1. The number of halogens is 4. The first kappa shape index (κ1) is 18.7. The molecule has 1 aromatic carbocycles. The van der Waals surface area contributed by atoms with Crippen molar-refractivity contribution in [3.63, 3.8) is 0 Å². The lowest BCUT2D eigenvalue weighted by Crippen LogP contribution is -2.45. The summed E-state index contributed by atoms with van der Waals surface area (Å²) < 4.78 is 42.2. The normalized spacial score (nSPS) is 17.5. The minimum Gasteiger partial charge on any atom is -0.406 e. The van der Waals surface area contributed by atoms with Crippen molar-refractivity contribution in [1.29, 1.82) is 0 Å². The van der Waals surface area contributed by atoms with Crippen molar-refractivity contribution < 1.29 is 17.9 Å². The zero-order valence-electron chi connectivity index (χ0n) is 13.6. The van der Waals surface area contributed by atoms with E-state index in [1.807, 2.05) is 6.92 Å². The minimum atomic E-state index is -4.67. The molecule has 1 N–H and O–H groups in total. The van der Waals surface area contributed by atoms with Gasteiger partial charge in [-0.25, -0.2) is 0 Å². The second kappa shape index (κ2) is 7.65. The van der Waals surface area contributed by atoms with E-state index in [4.69, 9.17) is 0 Å². The third kappa shape index (κ3) is 4.75. The van der Waals surface area contributed by atoms with Gasteiger partial charge in [-0.15, -0.1) is 24.5 Å². The molecule has 1 atom stereocenters. The molecule has 0 amide bonds. The SMILES string of the molecule is Cc1cc([C@H](c2ccc(OC(F)(F)F)cc2)N2CCNCC2)sc1Br. The second-order valence-corrected chi connectivity index (χ2v) is 8.31. The molecule has 0 bridgehead atoms. The fourth-order valence-electron chi connectivity index (χ4n) is 2.97. The van der Waals surface area contributed by atoms with E-state index in [1.54, 1.807) is 23.5 Å². The summed E-state index contributed by atoms with van der Waals surface area (Å²) in [5.41, 5.74) is 2.13. The van der Waals surface area contributed by atoms with E-state index in [0.717, 1.165) is 41.1 Å². The molecule has 0 spiro atoms. The van der Waals surface area contributed by atoms with Gasteiger partial charge in [0.05, 0.1) is 9.83 Å². The fraction of sp³-hybridized carbons (Fsp3) is 0.412. The van der Waals surface area contributed by atoms with Crippen LogP contribution in [0.15, 0.2) is 34.1 Å². The van der Waals surface area contributed by atoms with Gasteiger partial charge in [0.25, 0.3) is 0 Å². The quantitative estimate of drug-likeness (QED) is 0.753. The summed E-state index contributed by atoms with van der Waals surface area (Å²) in [4.78, 5) is 3.53. The molecule has 0 unspecified atom stereocenters. The van der Waals surface area contributed by atoms with Crippen LogP contribution < -0.4 is 10.1 Å². The molecule has 1 aliphatic rings. The Morgan fingerprint density at radius 2 is 1.84 bits per heavy atom. The van der Waals surface area contributed by atoms with Crippen molar-refractivity contribution in [1.82, 2.24) is 10.2 Å². The lowest BCUT2D eigenvalue weighted by atomic mass is 10.0. The van der Waals surface area contributed by atoms with Gasteiger partial charge in [-0.3, -0.25) is 4.90 Å². The Morgan fingerprint density at radius 3 is 2.36 bits per heavy atom. The van der Waals surface area contributed by atoms with E-state index < -0.39 is 6.36 Å². The first-order chi connectivity index (χ1) is 11.8. The van der Waals surface area contributed by atoms with Crippen LogP contribution in [0.4, 0.5) is 13.2 Å². The maximum absolute atomic E-state index is 12.4. The number of ether oxygens (including phenoxy) is 1. The number of aryl methyl sites for hydroxylation is 1. The van der Waals surface area contributed by atoms with E-state index in [2.05, 4.69) is 36.9 Å². The minimum absolute atomic E-state index is 0.0250. The number of nitrogens with one attached hydrogen (secondary N) is 1. The molecule has 1 saturated heterocycles. The molecule has 0 saturated carbocycles. The zero-order valence-corrected chi connectivity index (χ0v) is 16.0. The highest BCUT2D eigenvalue weighted by Gasteiger charge is 2.31.